The molecular weight excluding hydrogens is 380 g/mol. The summed E-state index contributed by atoms with van der Waals surface area (Å²) in [6.07, 6.45) is 1.70. The first kappa shape index (κ1) is 17.8. The molecule has 27 heavy (non-hydrogen) atoms. The van der Waals surface area contributed by atoms with Crippen LogP contribution in [0.1, 0.15) is 12.6 Å². The first-order valence-corrected chi connectivity index (χ1v) is 9.92. The molecule has 0 aliphatic heterocycles. The van der Waals surface area contributed by atoms with Gasteiger partial charge in [-0.25, -0.2) is 4.98 Å². The second kappa shape index (κ2) is 7.98. The monoisotopic (exact) mass is 396 g/mol. The van der Waals surface area contributed by atoms with Gasteiger partial charge in [0, 0.05) is 28.4 Å². The quantitative estimate of drug-likeness (QED) is 0.399. The number of halogens is 1. The molecule has 136 valence electrons. The van der Waals surface area contributed by atoms with Crippen LogP contribution in [0.3, 0.4) is 0 Å². The van der Waals surface area contributed by atoms with Crippen molar-refractivity contribution in [3.8, 4) is 22.8 Å². The Labute approximate surface area is 166 Å². The van der Waals surface area contributed by atoms with Crippen LogP contribution >= 0.6 is 23.4 Å². The zero-order chi connectivity index (χ0) is 18.6. The maximum atomic E-state index is 5.98. The molecule has 0 radical (unpaired) electrons. The summed E-state index contributed by atoms with van der Waals surface area (Å²) in [6.45, 7) is 2.86. The summed E-state index contributed by atoms with van der Waals surface area (Å²) in [5.74, 6) is 2.13. The molecule has 4 aromatic rings. The van der Waals surface area contributed by atoms with E-state index in [9.17, 15) is 0 Å². The Morgan fingerprint density at radius 3 is 2.52 bits per heavy atom. The molecular formula is C20H17ClN4OS. The van der Waals surface area contributed by atoms with Crippen LogP contribution in [-0.4, -0.2) is 19.7 Å². The lowest BCUT2D eigenvalue weighted by Crippen LogP contribution is -1.99. The third-order valence-corrected chi connectivity index (χ3v) is 5.31. The van der Waals surface area contributed by atoms with E-state index >= 15 is 0 Å². The lowest BCUT2D eigenvalue weighted by atomic mass is 10.2. The average Bonchev–Trinajstić information content (AvgIpc) is 3.34. The molecule has 0 unspecified atom stereocenters. The van der Waals surface area contributed by atoms with Crippen LogP contribution in [0.4, 0.5) is 0 Å². The molecule has 4 rings (SSSR count). The van der Waals surface area contributed by atoms with Crippen molar-refractivity contribution in [3.63, 3.8) is 0 Å². The maximum Gasteiger partial charge on any atom is 0.226 e. The lowest BCUT2D eigenvalue weighted by molar-refractivity contribution is 0.573. The second-order valence-corrected chi connectivity index (χ2v) is 7.23. The number of hydrogen-bond acceptors (Lipinski definition) is 5. The smallest absolute Gasteiger partial charge is 0.226 e. The van der Waals surface area contributed by atoms with Crippen molar-refractivity contribution in [3.05, 3.63) is 71.6 Å². The van der Waals surface area contributed by atoms with Crippen molar-refractivity contribution in [2.24, 2.45) is 0 Å². The summed E-state index contributed by atoms with van der Waals surface area (Å²) >= 11 is 7.57. The van der Waals surface area contributed by atoms with Crippen molar-refractivity contribution in [1.82, 2.24) is 19.7 Å². The Morgan fingerprint density at radius 1 is 1.00 bits per heavy atom. The van der Waals surface area contributed by atoms with Gasteiger partial charge in [-0.1, -0.05) is 41.6 Å². The van der Waals surface area contributed by atoms with E-state index in [1.165, 1.54) is 0 Å². The van der Waals surface area contributed by atoms with E-state index in [-0.39, 0.29) is 0 Å². The predicted octanol–water partition coefficient (Wildman–Crippen LogP) is 5.57. The Balaban J connectivity index is 1.50. The van der Waals surface area contributed by atoms with Crippen molar-refractivity contribution in [2.45, 2.75) is 24.4 Å². The molecule has 2 aromatic heterocycles. The highest BCUT2D eigenvalue weighted by Crippen LogP contribution is 2.28. The molecule has 2 aromatic carbocycles. The lowest BCUT2D eigenvalue weighted by Gasteiger charge is -2.06. The third kappa shape index (κ3) is 3.91. The Hall–Kier alpha value is -2.57. The number of aromatic nitrogens is 4. The summed E-state index contributed by atoms with van der Waals surface area (Å²) in [4.78, 5) is 4.57. The van der Waals surface area contributed by atoms with Crippen LogP contribution < -0.4 is 0 Å². The van der Waals surface area contributed by atoms with E-state index in [0.717, 1.165) is 34.3 Å². The molecule has 0 saturated carbocycles. The molecule has 7 heteroatoms. The van der Waals surface area contributed by atoms with E-state index in [1.807, 2.05) is 54.6 Å². The maximum absolute atomic E-state index is 5.98. The van der Waals surface area contributed by atoms with Gasteiger partial charge in [-0.15, -0.1) is 10.2 Å². The predicted molar refractivity (Wildman–Crippen MR) is 108 cm³/mol. The summed E-state index contributed by atoms with van der Waals surface area (Å²) in [5, 5.41) is 10.3. The van der Waals surface area contributed by atoms with E-state index < -0.39 is 0 Å². The fourth-order valence-corrected chi connectivity index (χ4v) is 3.72. The number of nitrogens with zero attached hydrogens (tertiary/aromatic N) is 4. The molecule has 0 aliphatic rings. The summed E-state index contributed by atoms with van der Waals surface area (Å²) in [7, 11) is 0. The summed E-state index contributed by atoms with van der Waals surface area (Å²) < 4.78 is 7.69. The highest BCUT2D eigenvalue weighted by molar-refractivity contribution is 7.98. The van der Waals surface area contributed by atoms with Gasteiger partial charge in [0.15, 0.2) is 11.0 Å². The molecule has 0 aliphatic carbocycles. The molecule has 0 N–H and O–H groups in total. The number of thioether (sulfide) groups is 1. The minimum absolute atomic E-state index is 0.630. The molecule has 0 spiro atoms. The number of oxazole rings is 1. The fourth-order valence-electron chi connectivity index (χ4n) is 2.72. The van der Waals surface area contributed by atoms with Crippen molar-refractivity contribution in [2.75, 3.05) is 0 Å². The molecule has 0 amide bonds. The molecule has 0 bridgehead atoms. The van der Waals surface area contributed by atoms with Crippen LogP contribution in [0.25, 0.3) is 22.8 Å². The largest absolute Gasteiger partial charge is 0.444 e. The molecule has 5 nitrogen and oxygen atoms in total. The van der Waals surface area contributed by atoms with Crippen LogP contribution in [0, 0.1) is 0 Å². The zero-order valence-electron chi connectivity index (χ0n) is 14.7. The molecule has 0 fully saturated rings. The number of benzene rings is 2. The minimum atomic E-state index is 0.630. The van der Waals surface area contributed by atoms with Gasteiger partial charge in [0.05, 0.1) is 5.69 Å². The molecule has 0 atom stereocenters. The van der Waals surface area contributed by atoms with Crippen molar-refractivity contribution < 1.29 is 4.42 Å². The number of hydrogen-bond donors (Lipinski definition) is 0. The van der Waals surface area contributed by atoms with Gasteiger partial charge >= 0.3 is 0 Å². The zero-order valence-corrected chi connectivity index (χ0v) is 16.2. The Morgan fingerprint density at radius 2 is 1.78 bits per heavy atom. The van der Waals surface area contributed by atoms with Crippen LogP contribution in [-0.2, 0) is 12.3 Å². The summed E-state index contributed by atoms with van der Waals surface area (Å²) in [6, 6.07) is 17.5. The van der Waals surface area contributed by atoms with Gasteiger partial charge in [0.2, 0.25) is 5.89 Å². The van der Waals surface area contributed by atoms with Crippen LogP contribution in [0.15, 0.2) is 70.4 Å². The van der Waals surface area contributed by atoms with Gasteiger partial charge in [0.1, 0.15) is 6.26 Å². The highest BCUT2D eigenvalue weighted by Gasteiger charge is 2.14. The van der Waals surface area contributed by atoms with Gasteiger partial charge in [-0.05, 0) is 43.3 Å². The van der Waals surface area contributed by atoms with E-state index in [4.69, 9.17) is 16.0 Å². The van der Waals surface area contributed by atoms with Gasteiger partial charge in [-0.3, -0.25) is 0 Å². The fraction of sp³-hybridized carbons (Fsp3) is 0.150. The van der Waals surface area contributed by atoms with Gasteiger partial charge in [0.25, 0.3) is 0 Å². The standard InChI is InChI=1S/C20H17ClN4OS/c1-2-25-18(14-8-10-16(21)11-9-14)23-24-20(25)27-13-17-12-26-19(22-17)15-6-4-3-5-7-15/h3-12H,2,13H2,1H3. The SMILES string of the molecule is CCn1c(SCc2coc(-c3ccccc3)n2)nnc1-c1ccc(Cl)cc1. The normalized spacial score (nSPS) is 11.0. The van der Waals surface area contributed by atoms with Crippen molar-refractivity contribution in [1.29, 1.82) is 0 Å². The van der Waals surface area contributed by atoms with Gasteiger partial charge in [-0.2, -0.15) is 0 Å². The van der Waals surface area contributed by atoms with E-state index in [2.05, 4.69) is 26.7 Å². The van der Waals surface area contributed by atoms with Gasteiger partial charge < -0.3 is 8.98 Å². The van der Waals surface area contributed by atoms with E-state index in [1.54, 1.807) is 18.0 Å². The highest BCUT2D eigenvalue weighted by atomic mass is 35.5. The first-order chi connectivity index (χ1) is 13.2. The van der Waals surface area contributed by atoms with Crippen LogP contribution in [0.5, 0.6) is 0 Å². The summed E-state index contributed by atoms with van der Waals surface area (Å²) in [5.41, 5.74) is 2.83. The Bertz CT molecular complexity index is 1030. The van der Waals surface area contributed by atoms with Crippen molar-refractivity contribution >= 4 is 23.4 Å². The third-order valence-electron chi connectivity index (χ3n) is 4.06. The van der Waals surface area contributed by atoms with E-state index in [0.29, 0.717) is 16.7 Å². The first-order valence-electron chi connectivity index (χ1n) is 8.56. The topological polar surface area (TPSA) is 56.7 Å². The Kier molecular flexibility index (Phi) is 5.27. The minimum Gasteiger partial charge on any atom is -0.444 e. The average molecular weight is 397 g/mol. The second-order valence-electron chi connectivity index (χ2n) is 5.86. The molecule has 0 saturated heterocycles. The molecule has 2 heterocycles. The number of rotatable bonds is 6. The van der Waals surface area contributed by atoms with Crippen LogP contribution in [0.2, 0.25) is 5.02 Å².